The highest BCUT2D eigenvalue weighted by Crippen LogP contribution is 2.41. The smallest absolute Gasteiger partial charge is 0.342 e. The Labute approximate surface area is 171 Å². The lowest BCUT2D eigenvalue weighted by molar-refractivity contribution is 0.0445. The number of esters is 1. The maximum absolute atomic E-state index is 13.1. The molecule has 1 aromatic carbocycles. The summed E-state index contributed by atoms with van der Waals surface area (Å²) in [5.41, 5.74) is 1.70. The van der Waals surface area contributed by atoms with Crippen molar-refractivity contribution in [2.45, 2.75) is 44.6 Å². The van der Waals surface area contributed by atoms with E-state index in [0.717, 1.165) is 31.6 Å². The van der Waals surface area contributed by atoms with Crippen LogP contribution in [0.1, 0.15) is 59.9 Å². The van der Waals surface area contributed by atoms with Crippen LogP contribution in [0.3, 0.4) is 0 Å². The van der Waals surface area contributed by atoms with Crippen molar-refractivity contribution in [1.29, 1.82) is 0 Å². The normalized spacial score (nSPS) is 19.6. The van der Waals surface area contributed by atoms with Gasteiger partial charge in [-0.2, -0.15) is 0 Å². The standard InChI is InChI=1S/C23H29NO5/c1-27-17-8-5-7-16(15-17)22-21(20-18(25)9-6-10-19(20)29-22)23(26)28-14-13-24-11-3-2-4-12-24/h5,7-8,15,18,25H,2-4,6,9-14H2,1H3. The van der Waals surface area contributed by atoms with Gasteiger partial charge in [0, 0.05) is 24.1 Å². The lowest BCUT2D eigenvalue weighted by Crippen LogP contribution is -2.33. The molecular weight excluding hydrogens is 370 g/mol. The number of aliphatic hydroxyl groups is 1. The minimum atomic E-state index is -0.702. The van der Waals surface area contributed by atoms with Crippen molar-refractivity contribution in [3.8, 4) is 17.1 Å². The van der Waals surface area contributed by atoms with Crippen LogP contribution in [-0.2, 0) is 11.2 Å². The summed E-state index contributed by atoms with van der Waals surface area (Å²) >= 11 is 0. The monoisotopic (exact) mass is 399 g/mol. The summed E-state index contributed by atoms with van der Waals surface area (Å²) in [6, 6.07) is 7.42. The molecule has 2 heterocycles. The molecule has 0 radical (unpaired) electrons. The highest BCUT2D eigenvalue weighted by Gasteiger charge is 2.33. The number of furan rings is 1. The Morgan fingerprint density at radius 1 is 1.24 bits per heavy atom. The van der Waals surface area contributed by atoms with Crippen LogP contribution in [0.4, 0.5) is 0 Å². The molecule has 1 aromatic heterocycles. The number of carbonyl (C=O) groups is 1. The van der Waals surface area contributed by atoms with Crippen LogP contribution in [0.5, 0.6) is 5.75 Å². The van der Waals surface area contributed by atoms with Gasteiger partial charge in [0.15, 0.2) is 0 Å². The molecule has 1 N–H and O–H groups in total. The van der Waals surface area contributed by atoms with E-state index in [1.165, 1.54) is 19.3 Å². The molecule has 1 aliphatic carbocycles. The van der Waals surface area contributed by atoms with Crippen molar-refractivity contribution in [3.63, 3.8) is 0 Å². The Bertz CT molecular complexity index is 853. The number of fused-ring (bicyclic) bond motifs is 1. The largest absolute Gasteiger partial charge is 0.497 e. The SMILES string of the molecule is COc1cccc(-c2oc3c(c2C(=O)OCCN2CCCCC2)C(O)CCC3)c1. The first-order valence-electron chi connectivity index (χ1n) is 10.5. The molecule has 0 spiro atoms. The van der Waals surface area contributed by atoms with E-state index in [4.69, 9.17) is 13.9 Å². The fraction of sp³-hybridized carbons (Fsp3) is 0.522. The lowest BCUT2D eigenvalue weighted by atomic mass is 9.91. The number of likely N-dealkylation sites (tertiary alicyclic amines) is 1. The van der Waals surface area contributed by atoms with Crippen LogP contribution < -0.4 is 4.74 Å². The second-order valence-corrected chi connectivity index (χ2v) is 7.82. The number of hydrogen-bond acceptors (Lipinski definition) is 6. The van der Waals surface area contributed by atoms with Gasteiger partial charge in [-0.15, -0.1) is 0 Å². The van der Waals surface area contributed by atoms with Crippen molar-refractivity contribution < 1.29 is 23.8 Å². The quantitative estimate of drug-likeness (QED) is 0.741. The van der Waals surface area contributed by atoms with Crippen LogP contribution in [0.2, 0.25) is 0 Å². The fourth-order valence-corrected chi connectivity index (χ4v) is 4.32. The van der Waals surface area contributed by atoms with Crippen LogP contribution in [-0.4, -0.2) is 49.3 Å². The molecular formula is C23H29NO5. The molecule has 0 bridgehead atoms. The fourth-order valence-electron chi connectivity index (χ4n) is 4.32. The first-order valence-corrected chi connectivity index (χ1v) is 10.5. The van der Waals surface area contributed by atoms with Crippen LogP contribution >= 0.6 is 0 Å². The number of ether oxygens (including phenoxy) is 2. The highest BCUT2D eigenvalue weighted by molar-refractivity contribution is 5.98. The van der Waals surface area contributed by atoms with E-state index in [2.05, 4.69) is 4.90 Å². The van der Waals surface area contributed by atoms with E-state index in [-0.39, 0.29) is 0 Å². The van der Waals surface area contributed by atoms with Gasteiger partial charge in [0.1, 0.15) is 29.4 Å². The average Bonchev–Trinajstić information content (AvgIpc) is 3.16. The van der Waals surface area contributed by atoms with Gasteiger partial charge in [-0.25, -0.2) is 4.79 Å². The maximum Gasteiger partial charge on any atom is 0.342 e. The van der Waals surface area contributed by atoms with E-state index < -0.39 is 12.1 Å². The molecule has 156 valence electrons. The van der Waals surface area contributed by atoms with E-state index in [9.17, 15) is 9.90 Å². The maximum atomic E-state index is 13.1. The Hall–Kier alpha value is -2.31. The van der Waals surface area contributed by atoms with Gasteiger partial charge < -0.3 is 19.0 Å². The Balaban J connectivity index is 1.59. The molecule has 1 unspecified atom stereocenters. The second-order valence-electron chi connectivity index (χ2n) is 7.82. The number of nitrogens with zero attached hydrogens (tertiary/aromatic N) is 1. The van der Waals surface area contributed by atoms with E-state index in [0.29, 0.717) is 47.8 Å². The molecule has 1 aliphatic heterocycles. The van der Waals surface area contributed by atoms with Crippen molar-refractivity contribution in [1.82, 2.24) is 4.90 Å². The second kappa shape index (κ2) is 9.01. The molecule has 6 heteroatoms. The summed E-state index contributed by atoms with van der Waals surface area (Å²) in [7, 11) is 1.60. The van der Waals surface area contributed by atoms with Crippen molar-refractivity contribution in [2.24, 2.45) is 0 Å². The summed E-state index contributed by atoms with van der Waals surface area (Å²) < 4.78 is 17.0. The van der Waals surface area contributed by atoms with E-state index in [1.807, 2.05) is 24.3 Å². The molecule has 0 amide bonds. The molecule has 2 aliphatic rings. The Morgan fingerprint density at radius 3 is 2.86 bits per heavy atom. The molecule has 1 saturated heterocycles. The zero-order valence-corrected chi connectivity index (χ0v) is 17.0. The number of aliphatic hydroxyl groups excluding tert-OH is 1. The van der Waals surface area contributed by atoms with Crippen LogP contribution in [0.25, 0.3) is 11.3 Å². The van der Waals surface area contributed by atoms with Gasteiger partial charge in [-0.3, -0.25) is 4.90 Å². The molecule has 1 atom stereocenters. The third-order valence-electron chi connectivity index (χ3n) is 5.86. The van der Waals surface area contributed by atoms with Gasteiger partial charge >= 0.3 is 5.97 Å². The number of carbonyl (C=O) groups excluding carboxylic acids is 1. The zero-order valence-electron chi connectivity index (χ0n) is 17.0. The van der Waals surface area contributed by atoms with Crippen molar-refractivity contribution in [3.05, 3.63) is 41.2 Å². The third kappa shape index (κ3) is 4.33. The topological polar surface area (TPSA) is 72.1 Å². The minimum absolute atomic E-state index is 0.340. The predicted molar refractivity (Wildman–Crippen MR) is 109 cm³/mol. The molecule has 6 nitrogen and oxygen atoms in total. The van der Waals surface area contributed by atoms with Gasteiger partial charge in [0.25, 0.3) is 0 Å². The van der Waals surface area contributed by atoms with Crippen LogP contribution in [0.15, 0.2) is 28.7 Å². The van der Waals surface area contributed by atoms with Crippen molar-refractivity contribution in [2.75, 3.05) is 33.4 Å². The number of benzene rings is 1. The van der Waals surface area contributed by atoms with Gasteiger partial charge in [0.05, 0.1) is 13.2 Å². The molecule has 0 saturated carbocycles. The first kappa shape index (κ1) is 20.0. The Morgan fingerprint density at radius 2 is 2.07 bits per heavy atom. The third-order valence-corrected chi connectivity index (χ3v) is 5.86. The number of rotatable bonds is 6. The Kier molecular flexibility index (Phi) is 6.21. The minimum Gasteiger partial charge on any atom is -0.497 e. The number of aryl methyl sites for hydroxylation is 1. The zero-order chi connectivity index (χ0) is 20.2. The van der Waals surface area contributed by atoms with Gasteiger partial charge in [-0.05, 0) is 50.9 Å². The van der Waals surface area contributed by atoms with Gasteiger partial charge in [-0.1, -0.05) is 18.6 Å². The average molecular weight is 399 g/mol. The summed E-state index contributed by atoms with van der Waals surface area (Å²) in [6.07, 6.45) is 5.15. The number of piperidine rings is 1. The summed E-state index contributed by atoms with van der Waals surface area (Å²) in [6.45, 7) is 3.20. The first-order chi connectivity index (χ1) is 14.2. The lowest BCUT2D eigenvalue weighted by Gasteiger charge is -2.26. The van der Waals surface area contributed by atoms with Gasteiger partial charge in [0.2, 0.25) is 0 Å². The van der Waals surface area contributed by atoms with E-state index in [1.54, 1.807) is 7.11 Å². The molecule has 2 aromatic rings. The molecule has 4 rings (SSSR count). The van der Waals surface area contributed by atoms with Crippen molar-refractivity contribution >= 4 is 5.97 Å². The van der Waals surface area contributed by atoms with E-state index >= 15 is 0 Å². The highest BCUT2D eigenvalue weighted by atomic mass is 16.5. The van der Waals surface area contributed by atoms with Crippen LogP contribution in [0, 0.1) is 0 Å². The summed E-state index contributed by atoms with van der Waals surface area (Å²) in [4.78, 5) is 15.4. The summed E-state index contributed by atoms with van der Waals surface area (Å²) in [5.74, 6) is 1.40. The number of hydrogen-bond donors (Lipinski definition) is 1. The number of methoxy groups -OCH3 is 1. The molecule has 1 fully saturated rings. The predicted octanol–water partition coefficient (Wildman–Crippen LogP) is 3.97. The molecule has 29 heavy (non-hydrogen) atoms. The summed E-state index contributed by atoms with van der Waals surface area (Å²) in [5, 5.41) is 10.6.